The summed E-state index contributed by atoms with van der Waals surface area (Å²) in [5, 5.41) is 8.83. The van der Waals surface area contributed by atoms with Crippen LogP contribution in [0.1, 0.15) is 26.3 Å². The van der Waals surface area contributed by atoms with E-state index >= 15 is 0 Å². The smallest absolute Gasteiger partial charge is 0.307 e. The summed E-state index contributed by atoms with van der Waals surface area (Å²) in [5.74, 6) is -0.0440. The van der Waals surface area contributed by atoms with Crippen LogP contribution in [0.15, 0.2) is 18.2 Å². The molecule has 0 saturated heterocycles. The maximum Gasteiger partial charge on any atom is 0.307 e. The van der Waals surface area contributed by atoms with Gasteiger partial charge in [-0.15, -0.1) is 0 Å². The van der Waals surface area contributed by atoms with Crippen LogP contribution >= 0.6 is 0 Å². The number of hydrogen-bond donors (Lipinski definition) is 1. The van der Waals surface area contributed by atoms with E-state index in [9.17, 15) is 9.59 Å². The molecule has 0 unspecified atom stereocenters. The van der Waals surface area contributed by atoms with Gasteiger partial charge in [0.15, 0.2) is 5.78 Å². The standard InChI is InChI=1S/C15H20O5/c1-4-19-12-5-11(7-15(17)18)6-13(8-12)20-9-14(16)10(2)3/h5-6,8,10H,4,7,9H2,1-3H3,(H,17,18). The highest BCUT2D eigenvalue weighted by Crippen LogP contribution is 2.23. The first-order chi connectivity index (χ1) is 9.42. The number of benzene rings is 1. The minimum atomic E-state index is -0.928. The Morgan fingerprint density at radius 2 is 1.75 bits per heavy atom. The van der Waals surface area contributed by atoms with Crippen molar-refractivity contribution in [1.82, 2.24) is 0 Å². The molecular weight excluding hydrogens is 260 g/mol. The summed E-state index contributed by atoms with van der Waals surface area (Å²) in [7, 11) is 0. The van der Waals surface area contributed by atoms with Crippen LogP contribution in [0.3, 0.4) is 0 Å². The van der Waals surface area contributed by atoms with Crippen LogP contribution < -0.4 is 9.47 Å². The zero-order chi connectivity index (χ0) is 15.1. The van der Waals surface area contributed by atoms with Gasteiger partial charge in [-0.3, -0.25) is 9.59 Å². The van der Waals surface area contributed by atoms with Crippen molar-refractivity contribution < 1.29 is 24.2 Å². The lowest BCUT2D eigenvalue weighted by atomic mass is 10.1. The number of carboxylic acids is 1. The highest BCUT2D eigenvalue weighted by molar-refractivity contribution is 5.81. The van der Waals surface area contributed by atoms with Crippen molar-refractivity contribution in [2.24, 2.45) is 5.92 Å². The van der Waals surface area contributed by atoms with Crippen LogP contribution in [0.5, 0.6) is 11.5 Å². The van der Waals surface area contributed by atoms with Gasteiger partial charge in [-0.1, -0.05) is 13.8 Å². The van der Waals surface area contributed by atoms with Gasteiger partial charge >= 0.3 is 5.97 Å². The number of carbonyl (C=O) groups is 2. The van der Waals surface area contributed by atoms with E-state index in [0.717, 1.165) is 0 Å². The summed E-state index contributed by atoms with van der Waals surface area (Å²) < 4.78 is 10.8. The molecule has 0 amide bonds. The Bertz CT molecular complexity index is 479. The summed E-state index contributed by atoms with van der Waals surface area (Å²) in [6, 6.07) is 4.93. The first kappa shape index (κ1) is 16.0. The lowest BCUT2D eigenvalue weighted by molar-refractivity contribution is -0.136. The molecule has 0 fully saturated rings. The maximum absolute atomic E-state index is 11.5. The van der Waals surface area contributed by atoms with Crippen LogP contribution in [0.25, 0.3) is 0 Å². The number of hydrogen-bond acceptors (Lipinski definition) is 4. The Kier molecular flexibility index (Phi) is 6.03. The fraction of sp³-hybridized carbons (Fsp3) is 0.467. The Labute approximate surface area is 118 Å². The molecule has 0 bridgehead atoms. The Morgan fingerprint density at radius 1 is 1.15 bits per heavy atom. The molecule has 0 aliphatic heterocycles. The molecule has 0 aromatic heterocycles. The Hall–Kier alpha value is -2.04. The van der Waals surface area contributed by atoms with Crippen LogP contribution in [-0.2, 0) is 16.0 Å². The Balaban J connectivity index is 2.85. The van der Waals surface area contributed by atoms with Crippen molar-refractivity contribution in [1.29, 1.82) is 0 Å². The first-order valence-corrected chi connectivity index (χ1v) is 6.56. The molecule has 0 atom stereocenters. The number of rotatable bonds is 8. The highest BCUT2D eigenvalue weighted by atomic mass is 16.5. The summed E-state index contributed by atoms with van der Waals surface area (Å²) in [6.45, 7) is 5.89. The van der Waals surface area contributed by atoms with Crippen molar-refractivity contribution >= 4 is 11.8 Å². The van der Waals surface area contributed by atoms with E-state index in [0.29, 0.717) is 23.7 Å². The second kappa shape index (κ2) is 7.53. The van der Waals surface area contributed by atoms with Crippen LogP contribution in [0.2, 0.25) is 0 Å². The van der Waals surface area contributed by atoms with Gasteiger partial charge in [-0.2, -0.15) is 0 Å². The summed E-state index contributed by atoms with van der Waals surface area (Å²) >= 11 is 0. The predicted molar refractivity (Wildman–Crippen MR) is 74.3 cm³/mol. The number of Topliss-reactive ketones (excluding diaryl/α,β-unsaturated/α-hetero) is 1. The molecule has 1 N–H and O–H groups in total. The molecule has 0 heterocycles. The van der Waals surface area contributed by atoms with Gasteiger partial charge in [-0.25, -0.2) is 0 Å². The number of carboxylic acid groups (broad SMARTS) is 1. The van der Waals surface area contributed by atoms with E-state index in [1.807, 2.05) is 6.92 Å². The van der Waals surface area contributed by atoms with Crippen LogP contribution in [0.4, 0.5) is 0 Å². The van der Waals surface area contributed by atoms with Gasteiger partial charge in [-0.05, 0) is 24.6 Å². The van der Waals surface area contributed by atoms with Crippen molar-refractivity contribution in [2.75, 3.05) is 13.2 Å². The molecular formula is C15H20O5. The minimum absolute atomic E-state index is 0.00778. The molecule has 0 radical (unpaired) electrons. The van der Waals surface area contributed by atoms with Crippen LogP contribution in [-0.4, -0.2) is 30.1 Å². The van der Waals surface area contributed by atoms with E-state index in [1.165, 1.54) is 0 Å². The zero-order valence-corrected chi connectivity index (χ0v) is 12.0. The number of carbonyl (C=O) groups excluding carboxylic acids is 1. The molecule has 0 saturated carbocycles. The summed E-state index contributed by atoms with van der Waals surface area (Å²) in [4.78, 5) is 22.3. The molecule has 0 spiro atoms. The third-order valence-electron chi connectivity index (χ3n) is 2.63. The first-order valence-electron chi connectivity index (χ1n) is 6.56. The van der Waals surface area contributed by atoms with E-state index in [1.54, 1.807) is 32.0 Å². The average Bonchev–Trinajstić information content (AvgIpc) is 2.35. The van der Waals surface area contributed by atoms with E-state index in [2.05, 4.69) is 0 Å². The lowest BCUT2D eigenvalue weighted by Crippen LogP contribution is -2.17. The van der Waals surface area contributed by atoms with E-state index in [-0.39, 0.29) is 24.7 Å². The third kappa shape index (κ3) is 5.30. The third-order valence-corrected chi connectivity index (χ3v) is 2.63. The molecule has 0 aliphatic rings. The SMILES string of the molecule is CCOc1cc(CC(=O)O)cc(OCC(=O)C(C)C)c1. The van der Waals surface area contributed by atoms with Gasteiger partial charge in [0.05, 0.1) is 13.0 Å². The Morgan fingerprint density at radius 3 is 2.25 bits per heavy atom. The average molecular weight is 280 g/mol. The molecule has 1 aromatic carbocycles. The second-order valence-corrected chi connectivity index (χ2v) is 4.73. The molecule has 1 aromatic rings. The maximum atomic E-state index is 11.5. The summed E-state index contributed by atoms with van der Waals surface area (Å²) in [6.07, 6.45) is -0.116. The number of aliphatic carboxylic acids is 1. The molecule has 1 rings (SSSR count). The van der Waals surface area contributed by atoms with E-state index < -0.39 is 5.97 Å². The normalized spacial score (nSPS) is 10.4. The summed E-state index contributed by atoms with van der Waals surface area (Å²) in [5.41, 5.74) is 0.579. The van der Waals surface area contributed by atoms with Gasteiger partial charge < -0.3 is 14.6 Å². The van der Waals surface area contributed by atoms with Gasteiger partial charge in [0.2, 0.25) is 0 Å². The molecule has 20 heavy (non-hydrogen) atoms. The monoisotopic (exact) mass is 280 g/mol. The van der Waals surface area contributed by atoms with Gasteiger partial charge in [0, 0.05) is 12.0 Å². The minimum Gasteiger partial charge on any atom is -0.494 e. The quantitative estimate of drug-likeness (QED) is 0.791. The van der Waals surface area contributed by atoms with Crippen LogP contribution in [0, 0.1) is 5.92 Å². The number of ketones is 1. The van der Waals surface area contributed by atoms with E-state index in [4.69, 9.17) is 14.6 Å². The molecule has 0 aliphatic carbocycles. The second-order valence-electron chi connectivity index (χ2n) is 4.73. The largest absolute Gasteiger partial charge is 0.494 e. The fourth-order valence-corrected chi connectivity index (χ4v) is 1.56. The molecule has 110 valence electrons. The molecule has 5 heteroatoms. The number of ether oxygens (including phenoxy) is 2. The topological polar surface area (TPSA) is 72.8 Å². The van der Waals surface area contributed by atoms with Crippen molar-refractivity contribution in [3.8, 4) is 11.5 Å². The van der Waals surface area contributed by atoms with Crippen molar-refractivity contribution in [2.45, 2.75) is 27.2 Å². The fourth-order valence-electron chi connectivity index (χ4n) is 1.56. The van der Waals surface area contributed by atoms with Crippen molar-refractivity contribution in [3.05, 3.63) is 23.8 Å². The van der Waals surface area contributed by atoms with Gasteiger partial charge in [0.1, 0.15) is 18.1 Å². The lowest BCUT2D eigenvalue weighted by Gasteiger charge is -2.11. The predicted octanol–water partition coefficient (Wildman–Crippen LogP) is 2.32. The zero-order valence-electron chi connectivity index (χ0n) is 12.0. The van der Waals surface area contributed by atoms with Gasteiger partial charge in [0.25, 0.3) is 0 Å². The van der Waals surface area contributed by atoms with Crippen molar-refractivity contribution in [3.63, 3.8) is 0 Å². The highest BCUT2D eigenvalue weighted by Gasteiger charge is 2.10. The molecule has 5 nitrogen and oxygen atoms in total.